The Kier molecular flexibility index (Phi) is 6.81. The predicted molar refractivity (Wildman–Crippen MR) is 134 cm³/mol. The second kappa shape index (κ2) is 10.00. The van der Waals surface area contributed by atoms with Gasteiger partial charge >= 0.3 is 5.97 Å². The highest BCUT2D eigenvalue weighted by Crippen LogP contribution is 2.61. The van der Waals surface area contributed by atoms with Crippen LogP contribution in [0.5, 0.6) is 0 Å². The van der Waals surface area contributed by atoms with Crippen LogP contribution in [0.25, 0.3) is 0 Å². The Hall–Kier alpha value is -2.89. The van der Waals surface area contributed by atoms with E-state index in [-0.39, 0.29) is 29.8 Å². The highest BCUT2D eigenvalue weighted by atomic mass is 19.1. The molecule has 6 rings (SSSR count). The fraction of sp³-hybridized carbons (Fsp3) is 0.517. The van der Waals surface area contributed by atoms with Gasteiger partial charge in [0.05, 0.1) is 5.56 Å². The lowest BCUT2D eigenvalue weighted by molar-refractivity contribution is -0.128. The van der Waals surface area contributed by atoms with Gasteiger partial charge in [-0.3, -0.25) is 4.79 Å². The van der Waals surface area contributed by atoms with Crippen molar-refractivity contribution in [1.29, 1.82) is 0 Å². The van der Waals surface area contributed by atoms with Gasteiger partial charge in [-0.2, -0.15) is 0 Å². The summed E-state index contributed by atoms with van der Waals surface area (Å²) in [5.74, 6) is 1.46. The van der Waals surface area contributed by atoms with E-state index in [1.54, 1.807) is 24.3 Å². The van der Waals surface area contributed by atoms with E-state index in [2.05, 4.69) is 17.6 Å². The predicted octanol–water partition coefficient (Wildman–Crippen LogP) is 5.36. The van der Waals surface area contributed by atoms with E-state index in [1.165, 1.54) is 50.7 Å². The van der Waals surface area contributed by atoms with Crippen molar-refractivity contribution in [3.05, 3.63) is 65.5 Å². The van der Waals surface area contributed by atoms with Gasteiger partial charge < -0.3 is 15.4 Å². The minimum Gasteiger partial charge on any atom is -0.452 e. The van der Waals surface area contributed by atoms with Crippen molar-refractivity contribution >= 4 is 17.6 Å². The second-order valence-corrected chi connectivity index (χ2v) is 11.0. The van der Waals surface area contributed by atoms with Crippen LogP contribution >= 0.6 is 0 Å². The van der Waals surface area contributed by atoms with E-state index >= 15 is 0 Å². The molecule has 4 fully saturated rings. The van der Waals surface area contributed by atoms with Gasteiger partial charge in [0, 0.05) is 18.3 Å². The minimum atomic E-state index is -0.521. The summed E-state index contributed by atoms with van der Waals surface area (Å²) in [5, 5.41) is 6.41. The Morgan fingerprint density at radius 2 is 1.63 bits per heavy atom. The number of nitrogens with one attached hydrogen (secondary N) is 2. The molecular weight excluding hydrogens is 443 g/mol. The Morgan fingerprint density at radius 3 is 2.29 bits per heavy atom. The normalized spacial score (nSPS) is 27.3. The third-order valence-electron chi connectivity index (χ3n) is 8.51. The molecule has 186 valence electrons. The molecule has 0 radical (unpaired) electrons. The molecule has 4 bridgehead atoms. The molecule has 5 nitrogen and oxygen atoms in total. The smallest absolute Gasteiger partial charge is 0.340 e. The van der Waals surface area contributed by atoms with Gasteiger partial charge in [0.25, 0.3) is 5.91 Å². The first-order valence-electron chi connectivity index (χ1n) is 12.9. The molecule has 35 heavy (non-hydrogen) atoms. The lowest BCUT2D eigenvalue weighted by Crippen LogP contribution is -2.56. The summed E-state index contributed by atoms with van der Waals surface area (Å²) in [4.78, 5) is 25.5. The number of carbonyl (C=O) groups excluding carboxylic acids is 2. The van der Waals surface area contributed by atoms with Crippen LogP contribution in [0.1, 0.15) is 61.4 Å². The van der Waals surface area contributed by atoms with E-state index in [1.807, 2.05) is 12.1 Å². The molecule has 0 heterocycles. The van der Waals surface area contributed by atoms with Crippen LogP contribution in [0.2, 0.25) is 0 Å². The fourth-order valence-corrected chi connectivity index (χ4v) is 7.16. The molecule has 0 spiro atoms. The van der Waals surface area contributed by atoms with Gasteiger partial charge in [-0.15, -0.1) is 0 Å². The van der Waals surface area contributed by atoms with E-state index in [4.69, 9.17) is 4.74 Å². The number of ether oxygens (including phenoxy) is 1. The van der Waals surface area contributed by atoms with Gasteiger partial charge in [0.15, 0.2) is 6.61 Å². The average molecular weight is 479 g/mol. The average Bonchev–Trinajstić information content (AvgIpc) is 2.83. The van der Waals surface area contributed by atoms with Crippen LogP contribution in [0.15, 0.2) is 48.5 Å². The first-order chi connectivity index (χ1) is 16.9. The van der Waals surface area contributed by atoms with Gasteiger partial charge in [-0.1, -0.05) is 24.3 Å². The number of amides is 1. The number of anilines is 1. The van der Waals surface area contributed by atoms with Crippen LogP contribution < -0.4 is 10.6 Å². The maximum atomic E-state index is 13.1. The molecule has 4 aliphatic carbocycles. The SMILES string of the molecule is CC(NC(=O)COC(=O)c1ccccc1NCCc1ccc(F)cc1)C12CC3CC(CC(C3)C1)C2. The second-order valence-electron chi connectivity index (χ2n) is 11.0. The van der Waals surface area contributed by atoms with Crippen molar-refractivity contribution in [2.75, 3.05) is 18.5 Å². The summed E-state index contributed by atoms with van der Waals surface area (Å²) in [7, 11) is 0. The van der Waals surface area contributed by atoms with Crippen molar-refractivity contribution in [3.63, 3.8) is 0 Å². The van der Waals surface area contributed by atoms with Crippen LogP contribution in [-0.4, -0.2) is 31.1 Å². The lowest BCUT2D eigenvalue weighted by atomic mass is 9.48. The molecule has 0 aromatic heterocycles. The van der Waals surface area contributed by atoms with E-state index in [0.29, 0.717) is 24.2 Å². The first kappa shape index (κ1) is 23.8. The molecule has 2 aromatic rings. The standard InChI is InChI=1S/C29H35FN2O3/c1-19(29-15-21-12-22(16-29)14-23(13-21)17-29)32-27(33)18-35-28(34)25-4-2-3-5-26(25)31-11-10-20-6-8-24(30)9-7-20/h2-9,19,21-23,31H,10-18H2,1H3,(H,32,33). The molecule has 0 aliphatic heterocycles. The number of benzene rings is 2. The van der Waals surface area contributed by atoms with Crippen molar-refractivity contribution in [1.82, 2.24) is 5.32 Å². The van der Waals surface area contributed by atoms with E-state index < -0.39 is 5.97 Å². The molecule has 4 aliphatic rings. The Bertz CT molecular complexity index is 1030. The van der Waals surface area contributed by atoms with Gasteiger partial charge in [-0.05, 0) is 105 Å². The monoisotopic (exact) mass is 478 g/mol. The molecule has 2 aromatic carbocycles. The molecule has 1 amide bonds. The van der Waals surface area contributed by atoms with E-state index in [0.717, 1.165) is 23.3 Å². The first-order valence-corrected chi connectivity index (χ1v) is 12.9. The zero-order chi connectivity index (χ0) is 24.4. The summed E-state index contributed by atoms with van der Waals surface area (Å²) in [6.07, 6.45) is 8.46. The third kappa shape index (κ3) is 5.36. The largest absolute Gasteiger partial charge is 0.452 e. The number of rotatable bonds is 9. The van der Waals surface area contributed by atoms with Gasteiger partial charge in [-0.25, -0.2) is 9.18 Å². The number of halogens is 1. The molecule has 2 N–H and O–H groups in total. The molecule has 1 atom stereocenters. The summed E-state index contributed by atoms with van der Waals surface area (Å²) in [5.41, 5.74) is 2.27. The lowest BCUT2D eigenvalue weighted by Gasteiger charge is -2.59. The van der Waals surface area contributed by atoms with Crippen molar-refractivity contribution < 1.29 is 18.7 Å². The fourth-order valence-electron chi connectivity index (χ4n) is 7.16. The number of para-hydroxylation sites is 1. The van der Waals surface area contributed by atoms with E-state index in [9.17, 15) is 14.0 Å². The molecule has 0 saturated heterocycles. The highest BCUT2D eigenvalue weighted by molar-refractivity contribution is 5.96. The Labute approximate surface area is 206 Å². The molecular formula is C29H35FN2O3. The van der Waals surface area contributed by atoms with Crippen molar-refractivity contribution in [2.24, 2.45) is 23.2 Å². The summed E-state index contributed by atoms with van der Waals surface area (Å²) in [6, 6.07) is 13.6. The van der Waals surface area contributed by atoms with Crippen LogP contribution in [0.4, 0.5) is 10.1 Å². The minimum absolute atomic E-state index is 0.0996. The number of esters is 1. The third-order valence-corrected chi connectivity index (χ3v) is 8.51. The summed E-state index contributed by atoms with van der Waals surface area (Å²) in [6.45, 7) is 2.44. The number of hydrogen-bond donors (Lipinski definition) is 2. The van der Waals surface area contributed by atoms with Crippen LogP contribution in [0.3, 0.4) is 0 Å². The van der Waals surface area contributed by atoms with Gasteiger partial charge in [0.2, 0.25) is 0 Å². The Balaban J connectivity index is 1.12. The topological polar surface area (TPSA) is 67.4 Å². The zero-order valence-electron chi connectivity index (χ0n) is 20.4. The summed E-state index contributed by atoms with van der Waals surface area (Å²) >= 11 is 0. The maximum absolute atomic E-state index is 13.1. The molecule has 4 saturated carbocycles. The quantitative estimate of drug-likeness (QED) is 0.476. The maximum Gasteiger partial charge on any atom is 0.340 e. The molecule has 1 unspecified atom stereocenters. The number of hydrogen-bond acceptors (Lipinski definition) is 4. The number of carbonyl (C=O) groups is 2. The molecule has 6 heteroatoms. The summed E-state index contributed by atoms with van der Waals surface area (Å²) < 4.78 is 18.5. The zero-order valence-corrected chi connectivity index (χ0v) is 20.4. The van der Waals surface area contributed by atoms with Crippen molar-refractivity contribution in [2.45, 2.75) is 57.9 Å². The Morgan fingerprint density at radius 1 is 1.00 bits per heavy atom. The van der Waals surface area contributed by atoms with Crippen molar-refractivity contribution in [3.8, 4) is 0 Å². The van der Waals surface area contributed by atoms with Crippen LogP contribution in [-0.2, 0) is 16.0 Å². The highest BCUT2D eigenvalue weighted by Gasteiger charge is 2.53. The van der Waals surface area contributed by atoms with Gasteiger partial charge in [0.1, 0.15) is 5.82 Å². The van der Waals surface area contributed by atoms with Crippen LogP contribution in [0, 0.1) is 29.0 Å².